The van der Waals surface area contributed by atoms with E-state index in [1.807, 2.05) is 0 Å². The number of hydrogen-bond donors (Lipinski definition) is 1. The monoisotopic (exact) mass is 191 g/mol. The van der Waals surface area contributed by atoms with Gasteiger partial charge in [0.15, 0.2) is 11.9 Å². The highest BCUT2D eigenvalue weighted by atomic mass is 16.4. The lowest BCUT2D eigenvalue weighted by molar-refractivity contribution is 0.0696. The minimum Gasteiger partial charge on any atom is -0.478 e. The molecule has 0 bridgehead atoms. The summed E-state index contributed by atoms with van der Waals surface area (Å²) in [5.41, 5.74) is 0.539. The number of hydrogen-bond acceptors (Lipinski definition) is 4. The van der Waals surface area contributed by atoms with Crippen LogP contribution in [-0.4, -0.2) is 32.0 Å². The average Bonchev–Trinajstić information content (AvgIpc) is 2.58. The largest absolute Gasteiger partial charge is 0.478 e. The molecule has 0 aromatic carbocycles. The number of pyridine rings is 1. The number of fused-ring (bicyclic) bond motifs is 1. The van der Waals surface area contributed by atoms with E-state index in [0.717, 1.165) is 0 Å². The fourth-order valence-corrected chi connectivity index (χ4v) is 1.08. The quantitative estimate of drug-likeness (QED) is 0.687. The molecule has 2 aromatic heterocycles. The van der Waals surface area contributed by atoms with Gasteiger partial charge < -0.3 is 5.11 Å². The van der Waals surface area contributed by atoms with Crippen molar-refractivity contribution in [3.63, 3.8) is 0 Å². The maximum absolute atomic E-state index is 10.6. The van der Waals surface area contributed by atoms with Gasteiger partial charge in [-0.15, -0.1) is 5.10 Å². The molecule has 0 saturated carbocycles. The van der Waals surface area contributed by atoms with E-state index < -0.39 is 5.97 Å². The van der Waals surface area contributed by atoms with Gasteiger partial charge in [0, 0.05) is 6.20 Å². The first-order chi connectivity index (χ1) is 6.70. The number of aldehydes is 1. The third-order valence-electron chi connectivity index (χ3n) is 1.70. The normalized spacial score (nSPS) is 10.3. The third kappa shape index (κ3) is 1.22. The van der Waals surface area contributed by atoms with Gasteiger partial charge in [0.2, 0.25) is 5.82 Å². The number of aromatic carboxylic acids is 1. The Hall–Kier alpha value is -2.24. The van der Waals surface area contributed by atoms with E-state index in [0.29, 0.717) is 11.9 Å². The second-order valence-electron chi connectivity index (χ2n) is 2.61. The van der Waals surface area contributed by atoms with E-state index in [2.05, 4.69) is 10.1 Å². The number of carbonyl (C=O) groups excluding carboxylic acids is 1. The zero-order chi connectivity index (χ0) is 10.1. The predicted octanol–water partition coefficient (Wildman–Crippen LogP) is 0.240. The van der Waals surface area contributed by atoms with Crippen LogP contribution in [0.2, 0.25) is 0 Å². The van der Waals surface area contributed by atoms with Crippen LogP contribution >= 0.6 is 0 Å². The molecular formula is C8H5N3O3. The molecule has 14 heavy (non-hydrogen) atoms. The Morgan fingerprint density at radius 2 is 2.29 bits per heavy atom. The summed E-state index contributed by atoms with van der Waals surface area (Å²) >= 11 is 0. The van der Waals surface area contributed by atoms with E-state index in [1.54, 1.807) is 0 Å². The Labute approximate surface area is 77.8 Å². The van der Waals surface area contributed by atoms with Crippen LogP contribution < -0.4 is 0 Å². The van der Waals surface area contributed by atoms with Crippen LogP contribution in [0.4, 0.5) is 0 Å². The number of rotatable bonds is 2. The van der Waals surface area contributed by atoms with Gasteiger partial charge in [-0.2, -0.15) is 0 Å². The Bertz CT molecular complexity index is 518. The topological polar surface area (TPSA) is 84.6 Å². The highest BCUT2D eigenvalue weighted by Crippen LogP contribution is 2.04. The van der Waals surface area contributed by atoms with Gasteiger partial charge in [0.25, 0.3) is 0 Å². The standard InChI is InChI=1S/C8H5N3O3/c12-4-6-9-7-2-1-5(8(13)14)3-11(7)10-6/h1-4H,(H,13,14). The van der Waals surface area contributed by atoms with Crippen molar-refractivity contribution in [1.82, 2.24) is 14.6 Å². The average molecular weight is 191 g/mol. The van der Waals surface area contributed by atoms with Crippen molar-refractivity contribution in [1.29, 1.82) is 0 Å². The molecule has 1 N–H and O–H groups in total. The summed E-state index contributed by atoms with van der Waals surface area (Å²) in [4.78, 5) is 24.8. The highest BCUT2D eigenvalue weighted by molar-refractivity contribution is 5.87. The first-order valence-electron chi connectivity index (χ1n) is 3.75. The Morgan fingerprint density at radius 1 is 1.50 bits per heavy atom. The first kappa shape index (κ1) is 8.36. The van der Waals surface area contributed by atoms with Gasteiger partial charge in [-0.25, -0.2) is 14.3 Å². The van der Waals surface area contributed by atoms with Gasteiger partial charge in [-0.05, 0) is 12.1 Å². The van der Waals surface area contributed by atoms with Crippen molar-refractivity contribution in [2.24, 2.45) is 0 Å². The molecule has 2 aromatic rings. The third-order valence-corrected chi connectivity index (χ3v) is 1.70. The molecule has 0 aliphatic carbocycles. The molecule has 6 nitrogen and oxygen atoms in total. The summed E-state index contributed by atoms with van der Waals surface area (Å²) < 4.78 is 1.26. The first-order valence-corrected chi connectivity index (χ1v) is 3.75. The number of carboxylic acid groups (broad SMARTS) is 1. The SMILES string of the molecule is O=Cc1nc2ccc(C(=O)O)cn2n1. The predicted molar refractivity (Wildman–Crippen MR) is 45.3 cm³/mol. The van der Waals surface area contributed by atoms with Gasteiger partial charge in [0.05, 0.1) is 5.56 Å². The lowest BCUT2D eigenvalue weighted by Crippen LogP contribution is -1.99. The molecule has 0 spiro atoms. The molecule has 0 aliphatic rings. The fourth-order valence-electron chi connectivity index (χ4n) is 1.08. The van der Waals surface area contributed by atoms with Crippen LogP contribution in [0.3, 0.4) is 0 Å². The molecule has 0 radical (unpaired) electrons. The van der Waals surface area contributed by atoms with E-state index >= 15 is 0 Å². The lowest BCUT2D eigenvalue weighted by atomic mass is 10.3. The van der Waals surface area contributed by atoms with Crippen molar-refractivity contribution in [2.45, 2.75) is 0 Å². The molecule has 0 atom stereocenters. The summed E-state index contributed by atoms with van der Waals surface area (Å²) in [5.74, 6) is -1.01. The van der Waals surface area contributed by atoms with Crippen molar-refractivity contribution < 1.29 is 14.7 Å². The van der Waals surface area contributed by atoms with Crippen molar-refractivity contribution in [3.8, 4) is 0 Å². The molecule has 0 aliphatic heterocycles. The smallest absolute Gasteiger partial charge is 0.337 e. The van der Waals surface area contributed by atoms with Crippen LogP contribution in [0.5, 0.6) is 0 Å². The molecular weight excluding hydrogens is 186 g/mol. The number of carbonyl (C=O) groups is 2. The van der Waals surface area contributed by atoms with E-state index in [1.165, 1.54) is 22.8 Å². The summed E-state index contributed by atoms with van der Waals surface area (Å²) in [6.45, 7) is 0. The minimum absolute atomic E-state index is 0.0348. The van der Waals surface area contributed by atoms with Crippen molar-refractivity contribution in [2.75, 3.05) is 0 Å². The highest BCUT2D eigenvalue weighted by Gasteiger charge is 2.06. The molecule has 2 heterocycles. The molecule has 0 unspecified atom stereocenters. The zero-order valence-electron chi connectivity index (χ0n) is 6.91. The maximum atomic E-state index is 10.6. The van der Waals surface area contributed by atoms with Crippen LogP contribution in [0.15, 0.2) is 18.3 Å². The number of carboxylic acids is 1. The maximum Gasteiger partial charge on any atom is 0.337 e. The molecule has 2 rings (SSSR count). The second kappa shape index (κ2) is 2.91. The zero-order valence-corrected chi connectivity index (χ0v) is 6.91. The van der Waals surface area contributed by atoms with E-state index in [9.17, 15) is 9.59 Å². The van der Waals surface area contributed by atoms with Gasteiger partial charge >= 0.3 is 5.97 Å². The van der Waals surface area contributed by atoms with Crippen LogP contribution in [0.1, 0.15) is 21.0 Å². The second-order valence-corrected chi connectivity index (χ2v) is 2.61. The minimum atomic E-state index is -1.05. The van der Waals surface area contributed by atoms with Crippen LogP contribution in [-0.2, 0) is 0 Å². The Kier molecular flexibility index (Phi) is 1.74. The van der Waals surface area contributed by atoms with E-state index in [-0.39, 0.29) is 11.4 Å². The molecule has 0 amide bonds. The molecule has 70 valence electrons. The molecule has 6 heteroatoms. The summed E-state index contributed by atoms with van der Waals surface area (Å²) in [6, 6.07) is 2.89. The lowest BCUT2D eigenvalue weighted by Gasteiger charge is -1.93. The fraction of sp³-hybridized carbons (Fsp3) is 0. The number of aromatic nitrogens is 3. The van der Waals surface area contributed by atoms with Gasteiger partial charge in [-0.3, -0.25) is 4.79 Å². The summed E-state index contributed by atoms with van der Waals surface area (Å²) in [7, 11) is 0. The van der Waals surface area contributed by atoms with Crippen molar-refractivity contribution in [3.05, 3.63) is 29.7 Å². The van der Waals surface area contributed by atoms with Crippen LogP contribution in [0.25, 0.3) is 5.65 Å². The van der Waals surface area contributed by atoms with E-state index in [4.69, 9.17) is 5.11 Å². The van der Waals surface area contributed by atoms with Gasteiger partial charge in [-0.1, -0.05) is 0 Å². The summed E-state index contributed by atoms with van der Waals surface area (Å²) in [5, 5.41) is 12.4. The van der Waals surface area contributed by atoms with Crippen molar-refractivity contribution >= 4 is 17.9 Å². The summed E-state index contributed by atoms with van der Waals surface area (Å²) in [6.07, 6.45) is 1.81. The Morgan fingerprint density at radius 3 is 2.93 bits per heavy atom. The molecule has 0 fully saturated rings. The Balaban J connectivity index is 2.65. The van der Waals surface area contributed by atoms with Crippen LogP contribution in [0, 0.1) is 0 Å². The molecule has 0 saturated heterocycles. The number of nitrogens with zero attached hydrogens (tertiary/aromatic N) is 3. The van der Waals surface area contributed by atoms with Gasteiger partial charge in [0.1, 0.15) is 0 Å².